The molecule has 4 nitrogen and oxygen atoms in total. The Hall–Kier alpha value is -1.24. The predicted molar refractivity (Wildman–Crippen MR) is 81.5 cm³/mol. The molecule has 0 saturated carbocycles. The van der Waals surface area contributed by atoms with E-state index in [0.29, 0.717) is 11.7 Å². The van der Waals surface area contributed by atoms with Gasteiger partial charge in [-0.05, 0) is 34.5 Å². The van der Waals surface area contributed by atoms with Crippen molar-refractivity contribution in [2.75, 3.05) is 18.4 Å². The van der Waals surface area contributed by atoms with Crippen molar-refractivity contribution in [3.63, 3.8) is 0 Å². The number of nitrogens with zero attached hydrogens (tertiary/aromatic N) is 1. The normalized spacial score (nSPS) is 10.4. The predicted octanol–water partition coefficient (Wildman–Crippen LogP) is 2.68. The van der Waals surface area contributed by atoms with Crippen molar-refractivity contribution in [2.24, 2.45) is 0 Å². The lowest BCUT2D eigenvalue weighted by Crippen LogP contribution is -2.29. The van der Waals surface area contributed by atoms with Gasteiger partial charge in [0.25, 0.3) is 0 Å². The molecule has 0 radical (unpaired) electrons. The van der Waals surface area contributed by atoms with Gasteiger partial charge in [0.05, 0.1) is 16.5 Å². The van der Waals surface area contributed by atoms with Crippen molar-refractivity contribution in [2.45, 2.75) is 6.42 Å². The fourth-order valence-electron chi connectivity index (χ4n) is 1.56. The van der Waals surface area contributed by atoms with Gasteiger partial charge in [-0.3, -0.25) is 4.79 Å². The second-order valence-electron chi connectivity index (χ2n) is 3.93. The summed E-state index contributed by atoms with van der Waals surface area (Å²) < 4.78 is 0.903. The summed E-state index contributed by atoms with van der Waals surface area (Å²) in [4.78, 5) is 15.7. The third-order valence-electron chi connectivity index (χ3n) is 2.44. The molecule has 0 saturated heterocycles. The van der Waals surface area contributed by atoms with Crippen LogP contribution in [-0.4, -0.2) is 24.0 Å². The fraction of sp³-hybridized carbons (Fsp3) is 0.231. The monoisotopic (exact) mass is 339 g/mol. The summed E-state index contributed by atoms with van der Waals surface area (Å²) in [6.07, 6.45) is 2.58. The number of anilines is 1. The van der Waals surface area contributed by atoms with Gasteiger partial charge in [0, 0.05) is 0 Å². The van der Waals surface area contributed by atoms with E-state index in [2.05, 4.69) is 43.7 Å². The molecule has 1 heterocycles. The van der Waals surface area contributed by atoms with Crippen molar-refractivity contribution < 1.29 is 4.79 Å². The van der Waals surface area contributed by atoms with Crippen LogP contribution in [-0.2, 0) is 11.2 Å². The Morgan fingerprint density at radius 2 is 2.11 bits per heavy atom. The van der Waals surface area contributed by atoms with Gasteiger partial charge < -0.3 is 10.6 Å². The minimum atomic E-state index is -0.0742. The molecule has 0 atom stereocenters. The molecule has 0 aliphatic carbocycles. The summed E-state index contributed by atoms with van der Waals surface area (Å²) >= 11 is 4.70. The standard InChI is InChI=1S/C13H14BrN3OS/c14-11-8-16-13(19-11)17-12(18)9-15-7-6-10-4-2-1-3-5-10/h1-5,8,15H,6-7,9H2,(H,16,17,18). The average Bonchev–Trinajstić information content (AvgIpc) is 2.81. The number of aromatic nitrogens is 1. The van der Waals surface area contributed by atoms with Gasteiger partial charge in [0.1, 0.15) is 0 Å². The van der Waals surface area contributed by atoms with E-state index in [1.54, 1.807) is 6.20 Å². The Balaban J connectivity index is 1.64. The molecule has 100 valence electrons. The molecular weight excluding hydrogens is 326 g/mol. The zero-order chi connectivity index (χ0) is 13.5. The molecule has 1 aromatic carbocycles. The maximum absolute atomic E-state index is 11.6. The molecule has 0 aliphatic heterocycles. The summed E-state index contributed by atoms with van der Waals surface area (Å²) in [6.45, 7) is 1.07. The Bertz CT molecular complexity index is 530. The number of rotatable bonds is 6. The maximum Gasteiger partial charge on any atom is 0.240 e. The molecule has 0 unspecified atom stereocenters. The first-order chi connectivity index (χ1) is 9.24. The molecule has 19 heavy (non-hydrogen) atoms. The van der Waals surface area contributed by atoms with E-state index in [-0.39, 0.29) is 5.91 Å². The molecule has 1 amide bonds. The summed E-state index contributed by atoms with van der Waals surface area (Å²) in [7, 11) is 0. The van der Waals surface area contributed by atoms with Crippen LogP contribution in [0.25, 0.3) is 0 Å². The van der Waals surface area contributed by atoms with Gasteiger partial charge in [0.15, 0.2) is 5.13 Å². The van der Waals surface area contributed by atoms with E-state index in [0.717, 1.165) is 16.8 Å². The molecule has 0 aliphatic rings. The van der Waals surface area contributed by atoms with Crippen LogP contribution >= 0.6 is 27.3 Å². The first kappa shape index (κ1) is 14.2. The van der Waals surface area contributed by atoms with Crippen LogP contribution in [0.1, 0.15) is 5.56 Å². The third kappa shape index (κ3) is 5.10. The van der Waals surface area contributed by atoms with Crippen molar-refractivity contribution in [3.8, 4) is 0 Å². The third-order valence-corrected chi connectivity index (χ3v) is 3.83. The highest BCUT2D eigenvalue weighted by atomic mass is 79.9. The topological polar surface area (TPSA) is 54.0 Å². The van der Waals surface area contributed by atoms with Crippen LogP contribution in [0.3, 0.4) is 0 Å². The van der Waals surface area contributed by atoms with E-state index < -0.39 is 0 Å². The first-order valence-corrected chi connectivity index (χ1v) is 7.51. The van der Waals surface area contributed by atoms with E-state index in [9.17, 15) is 4.79 Å². The summed E-state index contributed by atoms with van der Waals surface area (Å²) in [5, 5.41) is 6.46. The molecule has 0 spiro atoms. The Morgan fingerprint density at radius 1 is 1.32 bits per heavy atom. The average molecular weight is 340 g/mol. The lowest BCUT2D eigenvalue weighted by atomic mass is 10.1. The Labute approximate surface area is 124 Å². The minimum Gasteiger partial charge on any atom is -0.308 e. The number of hydrogen-bond donors (Lipinski definition) is 2. The highest BCUT2D eigenvalue weighted by molar-refractivity contribution is 9.11. The highest BCUT2D eigenvalue weighted by Crippen LogP contribution is 2.22. The zero-order valence-electron chi connectivity index (χ0n) is 10.2. The number of nitrogens with one attached hydrogen (secondary N) is 2. The van der Waals surface area contributed by atoms with Crippen LogP contribution in [0.5, 0.6) is 0 Å². The van der Waals surface area contributed by atoms with Crippen molar-refractivity contribution >= 4 is 38.3 Å². The second kappa shape index (κ2) is 7.37. The zero-order valence-corrected chi connectivity index (χ0v) is 12.6. The van der Waals surface area contributed by atoms with Crippen LogP contribution in [0.2, 0.25) is 0 Å². The van der Waals surface area contributed by atoms with E-state index in [4.69, 9.17) is 0 Å². The number of benzene rings is 1. The number of carbonyl (C=O) groups excluding carboxylic acids is 1. The molecule has 1 aromatic heterocycles. The number of thiazole rings is 1. The number of hydrogen-bond acceptors (Lipinski definition) is 4. The number of carbonyl (C=O) groups is 1. The fourth-order valence-corrected chi connectivity index (χ4v) is 2.68. The highest BCUT2D eigenvalue weighted by Gasteiger charge is 2.04. The Kier molecular flexibility index (Phi) is 5.50. The summed E-state index contributed by atoms with van der Waals surface area (Å²) in [6, 6.07) is 10.2. The summed E-state index contributed by atoms with van der Waals surface area (Å²) in [5.74, 6) is -0.0742. The maximum atomic E-state index is 11.6. The van der Waals surface area contributed by atoms with Gasteiger partial charge in [-0.1, -0.05) is 41.7 Å². The molecule has 2 N–H and O–H groups in total. The first-order valence-electron chi connectivity index (χ1n) is 5.90. The SMILES string of the molecule is O=C(CNCCc1ccccc1)Nc1ncc(Br)s1. The van der Waals surface area contributed by atoms with Crippen LogP contribution in [0.15, 0.2) is 40.3 Å². The Morgan fingerprint density at radius 3 is 2.79 bits per heavy atom. The van der Waals surface area contributed by atoms with Gasteiger partial charge in [-0.15, -0.1) is 0 Å². The van der Waals surface area contributed by atoms with Gasteiger partial charge in [-0.2, -0.15) is 0 Å². The lowest BCUT2D eigenvalue weighted by Gasteiger charge is -2.04. The van der Waals surface area contributed by atoms with Crippen molar-refractivity contribution in [1.82, 2.24) is 10.3 Å². The van der Waals surface area contributed by atoms with Crippen LogP contribution < -0.4 is 10.6 Å². The van der Waals surface area contributed by atoms with Gasteiger partial charge >= 0.3 is 0 Å². The van der Waals surface area contributed by atoms with Gasteiger partial charge in [-0.25, -0.2) is 4.98 Å². The minimum absolute atomic E-state index is 0.0742. The molecule has 0 fully saturated rings. The van der Waals surface area contributed by atoms with Gasteiger partial charge in [0.2, 0.25) is 5.91 Å². The smallest absolute Gasteiger partial charge is 0.240 e. The van der Waals surface area contributed by atoms with Crippen molar-refractivity contribution in [3.05, 3.63) is 45.9 Å². The molecular formula is C13H14BrN3OS. The molecule has 2 aromatic rings. The molecule has 2 rings (SSSR count). The van der Waals surface area contributed by atoms with E-state index >= 15 is 0 Å². The number of amides is 1. The van der Waals surface area contributed by atoms with E-state index in [1.165, 1.54) is 16.9 Å². The molecule has 0 bridgehead atoms. The largest absolute Gasteiger partial charge is 0.308 e. The molecule has 6 heteroatoms. The lowest BCUT2D eigenvalue weighted by molar-refractivity contribution is -0.115. The quantitative estimate of drug-likeness (QED) is 0.795. The van der Waals surface area contributed by atoms with Crippen molar-refractivity contribution in [1.29, 1.82) is 0 Å². The number of halogens is 1. The van der Waals surface area contributed by atoms with Crippen LogP contribution in [0.4, 0.5) is 5.13 Å². The van der Waals surface area contributed by atoms with E-state index in [1.807, 2.05) is 18.2 Å². The second-order valence-corrected chi connectivity index (χ2v) is 6.34. The van der Waals surface area contributed by atoms with Crippen LogP contribution in [0, 0.1) is 0 Å². The summed E-state index contributed by atoms with van der Waals surface area (Å²) in [5.41, 5.74) is 1.26.